The van der Waals surface area contributed by atoms with Crippen molar-refractivity contribution in [1.29, 1.82) is 0 Å². The molecule has 2 nitrogen and oxygen atoms in total. The predicted molar refractivity (Wildman–Crippen MR) is 60.8 cm³/mol. The van der Waals surface area contributed by atoms with Crippen LogP contribution >= 0.6 is 0 Å². The summed E-state index contributed by atoms with van der Waals surface area (Å²) in [5, 5.41) is 0. The third kappa shape index (κ3) is 3.45. The summed E-state index contributed by atoms with van der Waals surface area (Å²) in [6, 6.07) is 5.99. The van der Waals surface area contributed by atoms with E-state index in [1.807, 2.05) is 0 Å². The Kier molecular flexibility index (Phi) is 3.78. The van der Waals surface area contributed by atoms with Crippen molar-refractivity contribution in [3.05, 3.63) is 35.6 Å². The van der Waals surface area contributed by atoms with Crippen LogP contribution in [0.1, 0.15) is 12.0 Å². The minimum absolute atomic E-state index is 0.0481. The van der Waals surface area contributed by atoms with Gasteiger partial charge in [0, 0.05) is 13.1 Å². The van der Waals surface area contributed by atoms with Gasteiger partial charge in [0.15, 0.2) is 0 Å². The molecule has 1 aliphatic rings. The van der Waals surface area contributed by atoms with Crippen LogP contribution in [0.3, 0.4) is 0 Å². The molecule has 0 bridgehead atoms. The molecule has 1 atom stereocenters. The standard InChI is InChI=1S/C13H13F4NO/c14-11-3-1-2-9(7-11)6-10-4-5-18(8-10)12(19)13(15,16)17/h1-3,7,10H,4-6,8H2/t10-/m0/s1. The van der Waals surface area contributed by atoms with Gasteiger partial charge < -0.3 is 4.90 Å². The van der Waals surface area contributed by atoms with Gasteiger partial charge in [0.2, 0.25) is 0 Å². The minimum atomic E-state index is -4.81. The van der Waals surface area contributed by atoms with Gasteiger partial charge in [0.25, 0.3) is 0 Å². The van der Waals surface area contributed by atoms with Gasteiger partial charge in [-0.3, -0.25) is 4.79 Å². The first-order chi connectivity index (χ1) is 8.86. The first-order valence-corrected chi connectivity index (χ1v) is 5.97. The Morgan fingerprint density at radius 3 is 2.74 bits per heavy atom. The number of nitrogens with zero attached hydrogens (tertiary/aromatic N) is 1. The summed E-state index contributed by atoms with van der Waals surface area (Å²) in [7, 11) is 0. The molecule has 0 saturated carbocycles. The number of hydrogen-bond donors (Lipinski definition) is 0. The van der Waals surface area contributed by atoms with Crippen molar-refractivity contribution in [3.63, 3.8) is 0 Å². The fourth-order valence-electron chi connectivity index (χ4n) is 2.36. The molecule has 0 aromatic heterocycles. The van der Waals surface area contributed by atoms with Gasteiger partial charge in [0.1, 0.15) is 5.82 Å². The zero-order valence-electron chi connectivity index (χ0n) is 10.1. The zero-order valence-corrected chi connectivity index (χ0v) is 10.1. The van der Waals surface area contributed by atoms with Gasteiger partial charge >= 0.3 is 12.1 Å². The number of rotatable bonds is 2. The van der Waals surface area contributed by atoms with Crippen LogP contribution < -0.4 is 0 Å². The summed E-state index contributed by atoms with van der Waals surface area (Å²) in [4.78, 5) is 11.9. The summed E-state index contributed by atoms with van der Waals surface area (Å²) < 4.78 is 49.8. The second-order valence-electron chi connectivity index (χ2n) is 4.74. The maximum Gasteiger partial charge on any atom is 0.471 e. The van der Waals surface area contributed by atoms with E-state index < -0.39 is 12.1 Å². The van der Waals surface area contributed by atoms with E-state index in [2.05, 4.69) is 0 Å². The lowest BCUT2D eigenvalue weighted by molar-refractivity contribution is -0.184. The third-order valence-electron chi connectivity index (χ3n) is 3.23. The maximum absolute atomic E-state index is 13.0. The van der Waals surface area contributed by atoms with Crippen LogP contribution in [0.2, 0.25) is 0 Å². The minimum Gasteiger partial charge on any atom is -0.335 e. The lowest BCUT2D eigenvalue weighted by Crippen LogP contribution is -2.39. The molecule has 1 amide bonds. The Balaban J connectivity index is 1.94. The molecule has 6 heteroatoms. The third-order valence-corrected chi connectivity index (χ3v) is 3.23. The number of halogens is 4. The Morgan fingerprint density at radius 1 is 1.37 bits per heavy atom. The SMILES string of the molecule is O=C(N1CC[C@@H](Cc2cccc(F)c2)C1)C(F)(F)F. The quantitative estimate of drug-likeness (QED) is 0.760. The van der Waals surface area contributed by atoms with Crippen LogP contribution in [0.5, 0.6) is 0 Å². The second kappa shape index (κ2) is 5.19. The fourth-order valence-corrected chi connectivity index (χ4v) is 2.36. The normalized spacial score (nSPS) is 19.8. The molecule has 0 unspecified atom stereocenters. The molecule has 0 aliphatic carbocycles. The van der Waals surface area contributed by atoms with Gasteiger partial charge in [-0.2, -0.15) is 13.2 Å². The number of hydrogen-bond acceptors (Lipinski definition) is 1. The lowest BCUT2D eigenvalue weighted by Gasteiger charge is -2.18. The maximum atomic E-state index is 13.0. The first kappa shape index (κ1) is 13.8. The molecule has 19 heavy (non-hydrogen) atoms. The van der Waals surface area contributed by atoms with E-state index >= 15 is 0 Å². The average molecular weight is 275 g/mol. The molecule has 0 spiro atoms. The van der Waals surface area contributed by atoms with E-state index in [1.54, 1.807) is 12.1 Å². The summed E-state index contributed by atoms with van der Waals surface area (Å²) >= 11 is 0. The molecule has 0 radical (unpaired) electrons. The summed E-state index contributed by atoms with van der Waals surface area (Å²) in [5.74, 6) is -2.19. The van der Waals surface area contributed by atoms with Gasteiger partial charge in [0.05, 0.1) is 0 Å². The van der Waals surface area contributed by atoms with E-state index in [4.69, 9.17) is 0 Å². The fraction of sp³-hybridized carbons (Fsp3) is 0.462. The van der Waals surface area contributed by atoms with E-state index in [0.29, 0.717) is 12.8 Å². The lowest BCUT2D eigenvalue weighted by atomic mass is 9.99. The number of amides is 1. The summed E-state index contributed by atoms with van der Waals surface area (Å²) in [5.41, 5.74) is 0.742. The number of carbonyl (C=O) groups excluding carboxylic acids is 1. The van der Waals surface area contributed by atoms with Gasteiger partial charge in [-0.1, -0.05) is 12.1 Å². The van der Waals surface area contributed by atoms with Crippen LogP contribution in [0, 0.1) is 11.7 Å². The number of alkyl halides is 3. The monoisotopic (exact) mass is 275 g/mol. The van der Waals surface area contributed by atoms with Crippen LogP contribution in [0.25, 0.3) is 0 Å². The Bertz CT molecular complexity index is 472. The van der Waals surface area contributed by atoms with Gasteiger partial charge in [-0.15, -0.1) is 0 Å². The highest BCUT2D eigenvalue weighted by Crippen LogP contribution is 2.26. The van der Waals surface area contributed by atoms with Crippen molar-refractivity contribution in [3.8, 4) is 0 Å². The van der Waals surface area contributed by atoms with Crippen LogP contribution in [0.15, 0.2) is 24.3 Å². The van der Waals surface area contributed by atoms with Gasteiger partial charge in [-0.05, 0) is 36.5 Å². The largest absolute Gasteiger partial charge is 0.471 e. The zero-order chi connectivity index (χ0) is 14.0. The molecule has 1 aromatic carbocycles. The van der Waals surface area contributed by atoms with Crippen molar-refractivity contribution in [2.75, 3.05) is 13.1 Å². The average Bonchev–Trinajstić information content (AvgIpc) is 2.75. The summed E-state index contributed by atoms with van der Waals surface area (Å²) in [6.07, 6.45) is -3.81. The molecule has 1 aromatic rings. The Morgan fingerprint density at radius 2 is 2.11 bits per heavy atom. The second-order valence-corrected chi connectivity index (χ2v) is 4.74. The van der Waals surface area contributed by atoms with Crippen molar-refractivity contribution in [2.45, 2.75) is 19.0 Å². The molecule has 1 heterocycles. The summed E-state index contributed by atoms with van der Waals surface area (Å²) in [6.45, 7) is 0.188. The van der Waals surface area contributed by atoms with Gasteiger partial charge in [-0.25, -0.2) is 4.39 Å². The van der Waals surface area contributed by atoms with Crippen LogP contribution in [0.4, 0.5) is 17.6 Å². The number of benzene rings is 1. The van der Waals surface area contributed by atoms with Crippen LogP contribution in [-0.4, -0.2) is 30.1 Å². The van der Waals surface area contributed by atoms with Crippen molar-refractivity contribution < 1.29 is 22.4 Å². The Hall–Kier alpha value is -1.59. The highest BCUT2D eigenvalue weighted by molar-refractivity contribution is 5.82. The highest BCUT2D eigenvalue weighted by Gasteiger charge is 2.44. The van der Waals surface area contributed by atoms with E-state index in [9.17, 15) is 22.4 Å². The molecule has 1 aliphatic heterocycles. The molecule has 1 fully saturated rings. The molecule has 2 rings (SSSR count). The Labute approximate surface area is 108 Å². The van der Waals surface area contributed by atoms with Crippen molar-refractivity contribution in [2.24, 2.45) is 5.92 Å². The topological polar surface area (TPSA) is 20.3 Å². The van der Waals surface area contributed by atoms with Crippen molar-refractivity contribution in [1.82, 2.24) is 4.90 Å². The molecular formula is C13H13F4NO. The smallest absolute Gasteiger partial charge is 0.335 e. The van der Waals surface area contributed by atoms with E-state index in [1.165, 1.54) is 12.1 Å². The first-order valence-electron chi connectivity index (χ1n) is 5.97. The molecule has 1 saturated heterocycles. The number of likely N-dealkylation sites (tertiary alicyclic amines) is 1. The number of carbonyl (C=O) groups is 1. The molecular weight excluding hydrogens is 262 g/mol. The highest BCUT2D eigenvalue weighted by atomic mass is 19.4. The van der Waals surface area contributed by atoms with E-state index in [-0.39, 0.29) is 24.8 Å². The molecule has 0 N–H and O–H groups in total. The van der Waals surface area contributed by atoms with E-state index in [0.717, 1.165) is 10.5 Å². The van der Waals surface area contributed by atoms with Crippen LogP contribution in [-0.2, 0) is 11.2 Å². The molecule has 104 valence electrons. The van der Waals surface area contributed by atoms with Crippen molar-refractivity contribution >= 4 is 5.91 Å². The predicted octanol–water partition coefficient (Wildman–Crippen LogP) is 2.78.